The Kier molecular flexibility index (Phi) is 3.53. The molecule has 1 fully saturated rings. The number of nitriles is 1. The Bertz CT molecular complexity index is 435. The summed E-state index contributed by atoms with van der Waals surface area (Å²) in [5.74, 6) is 0. The molecular weight excluding hydrogens is 289 g/mol. The molecule has 1 aromatic carbocycles. The molecule has 2 rings (SSSR count). The molecule has 1 aliphatic rings. The average Bonchev–Trinajstić information content (AvgIpc) is 2.72. The molecule has 0 amide bonds. The van der Waals surface area contributed by atoms with E-state index >= 15 is 0 Å². The average molecular weight is 301 g/mol. The normalized spacial score (nSPS) is 24.3. The summed E-state index contributed by atoms with van der Waals surface area (Å²) < 4.78 is 6.27. The maximum Gasteiger partial charge on any atom is 0.0869 e. The van der Waals surface area contributed by atoms with Gasteiger partial charge in [0.05, 0.1) is 18.1 Å². The van der Waals surface area contributed by atoms with Crippen LogP contribution in [0.15, 0.2) is 22.7 Å². The van der Waals surface area contributed by atoms with Gasteiger partial charge < -0.3 is 4.74 Å². The van der Waals surface area contributed by atoms with E-state index in [2.05, 4.69) is 22.0 Å². The molecule has 0 spiro atoms. The number of nitrogens with zero attached hydrogens (tertiary/aromatic N) is 1. The van der Waals surface area contributed by atoms with Crippen LogP contribution in [0.1, 0.15) is 12.0 Å². The van der Waals surface area contributed by atoms with Crippen LogP contribution in [0.25, 0.3) is 0 Å². The zero-order valence-corrected chi connectivity index (χ0v) is 11.0. The quantitative estimate of drug-likeness (QED) is 0.836. The van der Waals surface area contributed by atoms with Gasteiger partial charge in [0.15, 0.2) is 0 Å². The number of hydrogen-bond acceptors (Lipinski definition) is 2. The molecule has 0 aliphatic carbocycles. The fraction of sp³-hybridized carbons (Fsp3) is 0.417. The number of ether oxygens (including phenoxy) is 1. The Morgan fingerprint density at radius 2 is 2.38 bits per heavy atom. The van der Waals surface area contributed by atoms with E-state index in [0.29, 0.717) is 24.7 Å². The van der Waals surface area contributed by atoms with E-state index in [-0.39, 0.29) is 0 Å². The highest BCUT2D eigenvalue weighted by atomic mass is 79.9. The summed E-state index contributed by atoms with van der Waals surface area (Å²) in [6.45, 7) is 1.18. The van der Waals surface area contributed by atoms with Gasteiger partial charge in [0.25, 0.3) is 0 Å². The first-order chi connectivity index (χ1) is 7.65. The summed E-state index contributed by atoms with van der Waals surface area (Å²) in [7, 11) is 0. The lowest BCUT2D eigenvalue weighted by atomic mass is 9.82. The molecule has 84 valence electrons. The van der Waals surface area contributed by atoms with Crippen molar-refractivity contribution in [3.05, 3.63) is 33.3 Å². The monoisotopic (exact) mass is 299 g/mol. The minimum absolute atomic E-state index is 0.391. The Labute approximate surface area is 108 Å². The first-order valence-electron chi connectivity index (χ1n) is 5.08. The predicted molar refractivity (Wildman–Crippen MR) is 66.3 cm³/mol. The molecule has 4 heteroatoms. The molecular formula is C12H11BrClNO. The SMILES string of the molecule is N#CC1(Cc2ccc(Br)cc2Cl)CCOC1. The van der Waals surface area contributed by atoms with Crippen LogP contribution < -0.4 is 0 Å². The molecule has 16 heavy (non-hydrogen) atoms. The summed E-state index contributed by atoms with van der Waals surface area (Å²) in [6, 6.07) is 8.14. The van der Waals surface area contributed by atoms with Crippen LogP contribution in [0.3, 0.4) is 0 Å². The van der Waals surface area contributed by atoms with Gasteiger partial charge in [0, 0.05) is 16.1 Å². The van der Waals surface area contributed by atoms with Gasteiger partial charge in [-0.15, -0.1) is 0 Å². The van der Waals surface area contributed by atoms with Gasteiger partial charge in [-0.2, -0.15) is 5.26 Å². The molecule has 1 heterocycles. The second-order valence-corrected chi connectivity index (χ2v) is 5.43. The summed E-state index contributed by atoms with van der Waals surface area (Å²) in [4.78, 5) is 0. The smallest absolute Gasteiger partial charge is 0.0869 e. The molecule has 0 bridgehead atoms. The highest BCUT2D eigenvalue weighted by Crippen LogP contribution is 2.34. The van der Waals surface area contributed by atoms with Crippen LogP contribution in [0, 0.1) is 16.7 Å². The topological polar surface area (TPSA) is 33.0 Å². The van der Waals surface area contributed by atoms with Crippen molar-refractivity contribution >= 4 is 27.5 Å². The van der Waals surface area contributed by atoms with E-state index in [0.717, 1.165) is 16.5 Å². The molecule has 0 radical (unpaired) electrons. The highest BCUT2D eigenvalue weighted by Gasteiger charge is 2.35. The number of halogens is 2. The first kappa shape index (κ1) is 11.9. The van der Waals surface area contributed by atoms with Gasteiger partial charge >= 0.3 is 0 Å². The van der Waals surface area contributed by atoms with Gasteiger partial charge in [-0.05, 0) is 30.5 Å². The second kappa shape index (κ2) is 4.75. The summed E-state index contributed by atoms with van der Waals surface area (Å²) >= 11 is 9.51. The van der Waals surface area contributed by atoms with Gasteiger partial charge in [-0.25, -0.2) is 0 Å². The standard InChI is InChI=1S/C12H11BrClNO/c13-10-2-1-9(11(14)5-10)6-12(7-15)3-4-16-8-12/h1-2,5H,3-4,6,8H2. The molecule has 0 aromatic heterocycles. The largest absolute Gasteiger partial charge is 0.380 e. The van der Waals surface area contributed by atoms with E-state index in [1.54, 1.807) is 0 Å². The van der Waals surface area contributed by atoms with Crippen molar-refractivity contribution in [2.24, 2.45) is 5.41 Å². The van der Waals surface area contributed by atoms with Crippen molar-refractivity contribution in [2.45, 2.75) is 12.8 Å². The van der Waals surface area contributed by atoms with Crippen LogP contribution in [-0.4, -0.2) is 13.2 Å². The lowest BCUT2D eigenvalue weighted by molar-refractivity contribution is 0.171. The Morgan fingerprint density at radius 3 is 2.94 bits per heavy atom. The van der Waals surface area contributed by atoms with Crippen molar-refractivity contribution in [2.75, 3.05) is 13.2 Å². The van der Waals surface area contributed by atoms with Crippen LogP contribution in [0.2, 0.25) is 5.02 Å². The lowest BCUT2D eigenvalue weighted by Crippen LogP contribution is -2.21. The van der Waals surface area contributed by atoms with E-state index in [1.165, 1.54) is 0 Å². The van der Waals surface area contributed by atoms with Gasteiger partial charge in [-0.1, -0.05) is 33.6 Å². The molecule has 1 aliphatic heterocycles. The maximum absolute atomic E-state index is 9.24. The molecule has 0 saturated carbocycles. The van der Waals surface area contributed by atoms with Gasteiger partial charge in [-0.3, -0.25) is 0 Å². The summed E-state index contributed by atoms with van der Waals surface area (Å²) in [5.41, 5.74) is 0.620. The van der Waals surface area contributed by atoms with Crippen molar-refractivity contribution in [3.8, 4) is 6.07 Å². The molecule has 2 nitrogen and oxygen atoms in total. The van der Waals surface area contributed by atoms with E-state index in [4.69, 9.17) is 16.3 Å². The highest BCUT2D eigenvalue weighted by molar-refractivity contribution is 9.10. The minimum atomic E-state index is -0.391. The van der Waals surface area contributed by atoms with Gasteiger partial charge in [0.1, 0.15) is 0 Å². The minimum Gasteiger partial charge on any atom is -0.380 e. The van der Waals surface area contributed by atoms with Crippen LogP contribution in [0.5, 0.6) is 0 Å². The molecule has 1 saturated heterocycles. The van der Waals surface area contributed by atoms with E-state index in [1.807, 2.05) is 18.2 Å². The van der Waals surface area contributed by atoms with Crippen LogP contribution in [0.4, 0.5) is 0 Å². The Morgan fingerprint density at radius 1 is 1.56 bits per heavy atom. The maximum atomic E-state index is 9.24. The first-order valence-corrected chi connectivity index (χ1v) is 6.25. The van der Waals surface area contributed by atoms with Crippen molar-refractivity contribution in [3.63, 3.8) is 0 Å². The van der Waals surface area contributed by atoms with E-state index < -0.39 is 5.41 Å². The third-order valence-electron chi connectivity index (χ3n) is 2.88. The third-order valence-corrected chi connectivity index (χ3v) is 3.73. The van der Waals surface area contributed by atoms with Crippen molar-refractivity contribution < 1.29 is 4.74 Å². The Balaban J connectivity index is 2.23. The molecule has 0 N–H and O–H groups in total. The van der Waals surface area contributed by atoms with Gasteiger partial charge in [0.2, 0.25) is 0 Å². The third kappa shape index (κ3) is 2.40. The molecule has 1 atom stereocenters. The lowest BCUT2D eigenvalue weighted by Gasteiger charge is -2.19. The van der Waals surface area contributed by atoms with E-state index in [9.17, 15) is 5.26 Å². The van der Waals surface area contributed by atoms with Crippen LogP contribution in [-0.2, 0) is 11.2 Å². The zero-order chi connectivity index (χ0) is 11.6. The number of hydrogen-bond donors (Lipinski definition) is 0. The molecule has 1 aromatic rings. The summed E-state index contributed by atoms with van der Waals surface area (Å²) in [6.07, 6.45) is 1.45. The van der Waals surface area contributed by atoms with Crippen molar-refractivity contribution in [1.29, 1.82) is 5.26 Å². The summed E-state index contributed by atoms with van der Waals surface area (Å²) in [5, 5.41) is 9.95. The fourth-order valence-corrected chi connectivity index (χ4v) is 2.64. The number of rotatable bonds is 2. The fourth-order valence-electron chi connectivity index (χ4n) is 1.90. The van der Waals surface area contributed by atoms with Crippen molar-refractivity contribution in [1.82, 2.24) is 0 Å². The zero-order valence-electron chi connectivity index (χ0n) is 8.67. The van der Waals surface area contributed by atoms with Crippen LogP contribution >= 0.6 is 27.5 Å². The predicted octanol–water partition coefficient (Wildman–Crippen LogP) is 3.58. The number of benzene rings is 1. The molecule has 1 unspecified atom stereocenters. The Hall–Kier alpha value is -0.560. The second-order valence-electron chi connectivity index (χ2n) is 4.11.